The van der Waals surface area contributed by atoms with Crippen LogP contribution in [0.1, 0.15) is 12.8 Å². The molecule has 1 saturated heterocycles. The van der Waals surface area contributed by atoms with Crippen LogP contribution in [0.25, 0.3) is 17.0 Å². The van der Waals surface area contributed by atoms with Crippen molar-refractivity contribution in [1.82, 2.24) is 24.7 Å². The highest BCUT2D eigenvalue weighted by atomic mass is 16.5. The number of methoxy groups -OCH3 is 2. The summed E-state index contributed by atoms with van der Waals surface area (Å²) in [6, 6.07) is 11.9. The van der Waals surface area contributed by atoms with Crippen LogP contribution in [0, 0.1) is 0 Å². The van der Waals surface area contributed by atoms with Gasteiger partial charge in [-0.15, -0.1) is 0 Å². The maximum Gasteiger partial charge on any atom is 0.228 e. The van der Waals surface area contributed by atoms with Gasteiger partial charge in [-0.2, -0.15) is 0 Å². The van der Waals surface area contributed by atoms with E-state index in [0.717, 1.165) is 35.7 Å². The van der Waals surface area contributed by atoms with Gasteiger partial charge in [-0.3, -0.25) is 4.40 Å². The number of fused-ring (bicyclic) bond motifs is 1. The van der Waals surface area contributed by atoms with Gasteiger partial charge in [0.2, 0.25) is 5.95 Å². The number of imidazole rings is 1. The van der Waals surface area contributed by atoms with E-state index in [1.807, 2.05) is 47.0 Å². The zero-order valence-electron chi connectivity index (χ0n) is 18.6. The standard InChI is InChI=1S/C24H26N6O3/c1-31-20-12-17(33-15-16-6-5-10-25-16)8-9-18(20)28-24-27-14-21(32-2)23(29-24)19-13-26-22-7-3-4-11-30(19)22/h3-4,7-9,11-14,16,25H,5-6,10,15H2,1-2H3,(H,27,28,29)/t16-/m1/s1. The summed E-state index contributed by atoms with van der Waals surface area (Å²) in [4.78, 5) is 13.6. The first-order valence-corrected chi connectivity index (χ1v) is 10.9. The van der Waals surface area contributed by atoms with Crippen LogP contribution in [0.15, 0.2) is 55.0 Å². The maximum atomic E-state index is 5.95. The third-order valence-corrected chi connectivity index (χ3v) is 5.67. The summed E-state index contributed by atoms with van der Waals surface area (Å²) in [7, 11) is 3.23. The first-order chi connectivity index (χ1) is 16.2. The topological polar surface area (TPSA) is 94.8 Å². The number of aromatic nitrogens is 4. The Morgan fingerprint density at radius 2 is 2.00 bits per heavy atom. The van der Waals surface area contributed by atoms with Crippen LogP contribution < -0.4 is 24.8 Å². The van der Waals surface area contributed by atoms with Gasteiger partial charge in [0.1, 0.15) is 29.4 Å². The van der Waals surface area contributed by atoms with E-state index >= 15 is 0 Å². The van der Waals surface area contributed by atoms with Crippen LogP contribution in [0.4, 0.5) is 11.6 Å². The molecular weight excluding hydrogens is 420 g/mol. The molecule has 9 nitrogen and oxygen atoms in total. The second kappa shape index (κ2) is 9.33. The minimum Gasteiger partial charge on any atom is -0.494 e. The molecule has 33 heavy (non-hydrogen) atoms. The van der Waals surface area contributed by atoms with Gasteiger partial charge in [0.15, 0.2) is 5.75 Å². The van der Waals surface area contributed by atoms with Gasteiger partial charge in [0.25, 0.3) is 0 Å². The molecule has 0 radical (unpaired) electrons. The summed E-state index contributed by atoms with van der Waals surface area (Å²) in [5, 5.41) is 6.68. The van der Waals surface area contributed by atoms with Crippen molar-refractivity contribution in [2.24, 2.45) is 0 Å². The second-order valence-electron chi connectivity index (χ2n) is 7.77. The number of pyridine rings is 1. The molecule has 2 N–H and O–H groups in total. The van der Waals surface area contributed by atoms with Crippen molar-refractivity contribution in [1.29, 1.82) is 0 Å². The quantitative estimate of drug-likeness (QED) is 0.423. The first-order valence-electron chi connectivity index (χ1n) is 10.9. The van der Waals surface area contributed by atoms with Gasteiger partial charge in [-0.1, -0.05) is 6.07 Å². The molecule has 1 fully saturated rings. The Kier molecular flexibility index (Phi) is 5.95. The molecule has 0 bridgehead atoms. The van der Waals surface area contributed by atoms with Crippen LogP contribution in [0.5, 0.6) is 17.2 Å². The second-order valence-corrected chi connectivity index (χ2v) is 7.77. The fraction of sp³-hybridized carbons (Fsp3) is 0.292. The Morgan fingerprint density at radius 3 is 2.82 bits per heavy atom. The number of benzene rings is 1. The van der Waals surface area contributed by atoms with Crippen molar-refractivity contribution in [3.8, 4) is 28.6 Å². The molecular formula is C24H26N6O3. The van der Waals surface area contributed by atoms with E-state index in [0.29, 0.717) is 35.8 Å². The molecule has 1 atom stereocenters. The highest BCUT2D eigenvalue weighted by Gasteiger charge is 2.17. The van der Waals surface area contributed by atoms with E-state index in [1.165, 1.54) is 6.42 Å². The number of nitrogens with one attached hydrogen (secondary N) is 2. The Morgan fingerprint density at radius 1 is 1.09 bits per heavy atom. The molecule has 3 aromatic heterocycles. The number of hydrogen-bond acceptors (Lipinski definition) is 8. The summed E-state index contributed by atoms with van der Waals surface area (Å²) >= 11 is 0. The number of rotatable bonds is 8. The summed E-state index contributed by atoms with van der Waals surface area (Å²) in [6.45, 7) is 1.69. The minimum atomic E-state index is 0.402. The van der Waals surface area contributed by atoms with E-state index in [4.69, 9.17) is 19.2 Å². The number of nitrogens with zero attached hydrogens (tertiary/aromatic N) is 4. The predicted molar refractivity (Wildman–Crippen MR) is 126 cm³/mol. The lowest BCUT2D eigenvalue weighted by Gasteiger charge is -2.15. The van der Waals surface area contributed by atoms with Crippen molar-refractivity contribution < 1.29 is 14.2 Å². The Hall–Kier alpha value is -3.85. The molecule has 4 aromatic rings. The highest BCUT2D eigenvalue weighted by molar-refractivity contribution is 5.69. The van der Waals surface area contributed by atoms with E-state index < -0.39 is 0 Å². The average molecular weight is 447 g/mol. The van der Waals surface area contributed by atoms with Crippen molar-refractivity contribution >= 4 is 17.3 Å². The van der Waals surface area contributed by atoms with Gasteiger partial charge in [0.05, 0.1) is 38.0 Å². The van der Waals surface area contributed by atoms with Crippen LogP contribution >= 0.6 is 0 Å². The molecule has 1 aliphatic rings. The van der Waals surface area contributed by atoms with Crippen molar-refractivity contribution in [3.05, 3.63) is 55.0 Å². The summed E-state index contributed by atoms with van der Waals surface area (Å²) in [5.74, 6) is 2.37. The van der Waals surface area contributed by atoms with Crippen LogP contribution in [0.3, 0.4) is 0 Å². The van der Waals surface area contributed by atoms with E-state index in [9.17, 15) is 0 Å². The fourth-order valence-corrected chi connectivity index (χ4v) is 3.95. The molecule has 170 valence electrons. The van der Waals surface area contributed by atoms with Crippen molar-refractivity contribution in [3.63, 3.8) is 0 Å². The summed E-state index contributed by atoms with van der Waals surface area (Å²) in [5.41, 5.74) is 3.01. The number of anilines is 2. The summed E-state index contributed by atoms with van der Waals surface area (Å²) < 4.78 is 19.0. The van der Waals surface area contributed by atoms with Crippen molar-refractivity contribution in [2.45, 2.75) is 18.9 Å². The van der Waals surface area contributed by atoms with Gasteiger partial charge in [0, 0.05) is 18.3 Å². The molecule has 0 saturated carbocycles. The zero-order chi connectivity index (χ0) is 22.6. The van der Waals surface area contributed by atoms with Gasteiger partial charge >= 0.3 is 0 Å². The molecule has 5 rings (SSSR count). The Balaban J connectivity index is 1.40. The lowest BCUT2D eigenvalue weighted by molar-refractivity contribution is 0.276. The van der Waals surface area contributed by atoms with Gasteiger partial charge in [-0.25, -0.2) is 15.0 Å². The molecule has 0 amide bonds. The fourth-order valence-electron chi connectivity index (χ4n) is 3.95. The smallest absolute Gasteiger partial charge is 0.228 e. The minimum absolute atomic E-state index is 0.402. The molecule has 1 aliphatic heterocycles. The van der Waals surface area contributed by atoms with Gasteiger partial charge < -0.3 is 24.8 Å². The van der Waals surface area contributed by atoms with Crippen molar-refractivity contribution in [2.75, 3.05) is 32.7 Å². The molecule has 9 heteroatoms. The summed E-state index contributed by atoms with van der Waals surface area (Å²) in [6.07, 6.45) is 7.69. The monoisotopic (exact) mass is 446 g/mol. The lowest BCUT2D eigenvalue weighted by atomic mass is 10.2. The predicted octanol–water partition coefficient (Wildman–Crippen LogP) is 3.68. The first kappa shape index (κ1) is 21.0. The largest absolute Gasteiger partial charge is 0.494 e. The van der Waals surface area contributed by atoms with E-state index in [2.05, 4.69) is 20.6 Å². The van der Waals surface area contributed by atoms with Gasteiger partial charge in [-0.05, 0) is 43.7 Å². The highest BCUT2D eigenvalue weighted by Crippen LogP contribution is 2.33. The third-order valence-electron chi connectivity index (χ3n) is 5.67. The lowest BCUT2D eigenvalue weighted by Crippen LogP contribution is -2.28. The van der Waals surface area contributed by atoms with Crippen LogP contribution in [-0.4, -0.2) is 52.8 Å². The molecule has 1 aromatic carbocycles. The Bertz CT molecular complexity index is 1250. The maximum absolute atomic E-state index is 5.95. The molecule has 0 aliphatic carbocycles. The average Bonchev–Trinajstić information content (AvgIpc) is 3.53. The molecule has 0 spiro atoms. The Labute approximate surface area is 191 Å². The SMILES string of the molecule is COc1cc(OC[C@H]2CCCN2)ccc1Nc1ncc(OC)c(-c2cnc3ccccn23)n1. The third kappa shape index (κ3) is 4.40. The number of hydrogen-bond donors (Lipinski definition) is 2. The molecule has 0 unspecified atom stereocenters. The molecule has 4 heterocycles. The van der Waals surface area contributed by atoms with Crippen LogP contribution in [0.2, 0.25) is 0 Å². The number of ether oxygens (including phenoxy) is 3. The van der Waals surface area contributed by atoms with Crippen LogP contribution in [-0.2, 0) is 0 Å². The van der Waals surface area contributed by atoms with E-state index in [-0.39, 0.29) is 0 Å². The van der Waals surface area contributed by atoms with E-state index in [1.54, 1.807) is 26.6 Å². The zero-order valence-corrected chi connectivity index (χ0v) is 18.6. The normalized spacial score (nSPS) is 15.5.